The molecule has 0 aliphatic carbocycles. The number of carbonyl (C=O) groups excluding carboxylic acids is 1. The predicted octanol–water partition coefficient (Wildman–Crippen LogP) is 4.90. The van der Waals surface area contributed by atoms with E-state index < -0.39 is 0 Å². The third kappa shape index (κ3) is 2.92. The summed E-state index contributed by atoms with van der Waals surface area (Å²) < 4.78 is 0.664. The number of nitrogens with two attached hydrogens (primary N) is 1. The van der Waals surface area contributed by atoms with Crippen LogP contribution >= 0.6 is 39.1 Å². The summed E-state index contributed by atoms with van der Waals surface area (Å²) in [5.41, 5.74) is 8.03. The number of rotatable bonds is 2. The fraction of sp³-hybridized carbons (Fsp3) is 0.0714. The molecule has 1 amide bonds. The predicted molar refractivity (Wildman–Crippen MR) is 87.7 cm³/mol. The van der Waals surface area contributed by atoms with Crippen LogP contribution in [0.15, 0.2) is 34.8 Å². The topological polar surface area (TPSA) is 55.1 Å². The molecule has 0 radical (unpaired) electrons. The van der Waals surface area contributed by atoms with Crippen LogP contribution in [0.25, 0.3) is 0 Å². The van der Waals surface area contributed by atoms with Crippen molar-refractivity contribution in [3.63, 3.8) is 0 Å². The number of nitrogen functional groups attached to an aromatic ring is 1. The number of nitrogens with one attached hydrogen (secondary N) is 1. The zero-order valence-electron chi connectivity index (χ0n) is 10.5. The normalized spacial score (nSPS) is 10.4. The molecule has 3 N–H and O–H groups in total. The maximum absolute atomic E-state index is 12.2. The summed E-state index contributed by atoms with van der Waals surface area (Å²) in [4.78, 5) is 12.2. The minimum absolute atomic E-state index is 0.278. The Labute approximate surface area is 135 Å². The van der Waals surface area contributed by atoms with Crippen molar-refractivity contribution in [2.24, 2.45) is 0 Å². The fourth-order valence-corrected chi connectivity index (χ4v) is 2.51. The molecular weight excluding hydrogens is 363 g/mol. The van der Waals surface area contributed by atoms with Gasteiger partial charge in [0.25, 0.3) is 5.91 Å². The van der Waals surface area contributed by atoms with Gasteiger partial charge in [0.1, 0.15) is 0 Å². The first kappa shape index (κ1) is 15.2. The second-order valence-corrected chi connectivity index (χ2v) is 5.82. The minimum Gasteiger partial charge on any atom is -0.398 e. The largest absolute Gasteiger partial charge is 0.398 e. The molecule has 104 valence electrons. The van der Waals surface area contributed by atoms with Crippen molar-refractivity contribution in [1.82, 2.24) is 0 Å². The average molecular weight is 374 g/mol. The van der Waals surface area contributed by atoms with Crippen molar-refractivity contribution in [2.45, 2.75) is 6.92 Å². The Morgan fingerprint density at radius 3 is 2.60 bits per heavy atom. The molecule has 0 fully saturated rings. The van der Waals surface area contributed by atoms with Crippen molar-refractivity contribution >= 4 is 56.4 Å². The van der Waals surface area contributed by atoms with Crippen molar-refractivity contribution < 1.29 is 4.79 Å². The van der Waals surface area contributed by atoms with E-state index in [1.807, 2.05) is 13.0 Å². The minimum atomic E-state index is -0.327. The van der Waals surface area contributed by atoms with Crippen molar-refractivity contribution in [2.75, 3.05) is 11.1 Å². The van der Waals surface area contributed by atoms with Crippen LogP contribution in [0.4, 0.5) is 11.4 Å². The third-order valence-electron chi connectivity index (χ3n) is 2.85. The van der Waals surface area contributed by atoms with Crippen molar-refractivity contribution in [3.8, 4) is 0 Å². The standard InChI is InChI=1S/C14H11BrCl2N2O/c1-7-3-2-4-8(13(7)18)14(20)19-10-6-5-9(15)11(16)12(10)17/h2-6H,18H2,1H3,(H,19,20). The van der Waals surface area contributed by atoms with E-state index in [0.717, 1.165) is 5.56 Å². The molecule has 0 spiro atoms. The Bertz CT molecular complexity index is 689. The van der Waals surface area contributed by atoms with Crippen LogP contribution in [0.5, 0.6) is 0 Å². The summed E-state index contributed by atoms with van der Waals surface area (Å²) in [6.45, 7) is 1.84. The molecule has 0 atom stereocenters. The van der Waals surface area contributed by atoms with E-state index in [4.69, 9.17) is 28.9 Å². The number of benzene rings is 2. The Morgan fingerprint density at radius 1 is 1.20 bits per heavy atom. The molecule has 2 aromatic carbocycles. The van der Waals surface area contributed by atoms with Crippen LogP contribution in [0.3, 0.4) is 0 Å². The Morgan fingerprint density at radius 2 is 1.90 bits per heavy atom. The highest BCUT2D eigenvalue weighted by atomic mass is 79.9. The average Bonchev–Trinajstić information content (AvgIpc) is 2.42. The lowest BCUT2D eigenvalue weighted by molar-refractivity contribution is 0.102. The van der Waals surface area contributed by atoms with E-state index in [2.05, 4.69) is 21.2 Å². The number of hydrogen-bond donors (Lipinski definition) is 2. The molecule has 0 aliphatic rings. The monoisotopic (exact) mass is 372 g/mol. The van der Waals surface area contributed by atoms with Crippen molar-refractivity contribution in [3.05, 3.63) is 56.0 Å². The lowest BCUT2D eigenvalue weighted by Gasteiger charge is -2.11. The molecule has 0 saturated carbocycles. The highest BCUT2D eigenvalue weighted by Gasteiger charge is 2.14. The van der Waals surface area contributed by atoms with Crippen molar-refractivity contribution in [1.29, 1.82) is 0 Å². The van der Waals surface area contributed by atoms with Crippen LogP contribution in [-0.2, 0) is 0 Å². The zero-order valence-corrected chi connectivity index (χ0v) is 13.6. The van der Waals surface area contributed by atoms with Gasteiger partial charge in [-0.2, -0.15) is 0 Å². The zero-order chi connectivity index (χ0) is 14.9. The van der Waals surface area contributed by atoms with E-state index in [0.29, 0.717) is 26.4 Å². The second-order valence-electron chi connectivity index (χ2n) is 4.21. The third-order valence-corrected chi connectivity index (χ3v) is 4.62. The van der Waals surface area contributed by atoms with Gasteiger partial charge in [0.15, 0.2) is 0 Å². The highest BCUT2D eigenvalue weighted by Crippen LogP contribution is 2.36. The summed E-state index contributed by atoms with van der Waals surface area (Å²) in [6, 6.07) is 8.66. The molecule has 0 heterocycles. The van der Waals surface area contributed by atoms with Gasteiger partial charge in [0.2, 0.25) is 0 Å². The van der Waals surface area contributed by atoms with E-state index in [1.54, 1.807) is 24.3 Å². The first-order valence-corrected chi connectivity index (χ1v) is 7.26. The molecule has 3 nitrogen and oxygen atoms in total. The Balaban J connectivity index is 2.33. The van der Waals surface area contributed by atoms with E-state index in [9.17, 15) is 4.79 Å². The van der Waals surface area contributed by atoms with Gasteiger partial charge in [0.05, 0.1) is 21.3 Å². The van der Waals surface area contributed by atoms with Gasteiger partial charge < -0.3 is 11.1 Å². The number of amides is 1. The van der Waals surface area contributed by atoms with Gasteiger partial charge in [-0.05, 0) is 46.6 Å². The number of anilines is 2. The second kappa shape index (κ2) is 6.04. The number of hydrogen-bond acceptors (Lipinski definition) is 2. The highest BCUT2D eigenvalue weighted by molar-refractivity contribution is 9.10. The van der Waals surface area contributed by atoms with Crippen LogP contribution in [0.1, 0.15) is 15.9 Å². The SMILES string of the molecule is Cc1cccc(C(=O)Nc2ccc(Br)c(Cl)c2Cl)c1N. The molecule has 20 heavy (non-hydrogen) atoms. The van der Waals surface area contributed by atoms with Gasteiger partial charge in [-0.25, -0.2) is 0 Å². The number of aryl methyl sites for hydroxylation is 1. The molecule has 0 aliphatic heterocycles. The first-order valence-electron chi connectivity index (χ1n) is 5.71. The molecule has 6 heteroatoms. The van der Waals surface area contributed by atoms with Crippen LogP contribution in [-0.4, -0.2) is 5.91 Å². The lowest BCUT2D eigenvalue weighted by atomic mass is 10.1. The van der Waals surface area contributed by atoms with Crippen LogP contribution < -0.4 is 11.1 Å². The quantitative estimate of drug-likeness (QED) is 0.581. The number of carbonyl (C=O) groups is 1. The van der Waals surface area contributed by atoms with Gasteiger partial charge >= 0.3 is 0 Å². The maximum Gasteiger partial charge on any atom is 0.257 e. The molecular formula is C14H11BrCl2N2O. The molecule has 0 bridgehead atoms. The van der Waals surface area contributed by atoms with E-state index in [1.165, 1.54) is 0 Å². The number of halogens is 3. The summed E-state index contributed by atoms with van der Waals surface area (Å²) >= 11 is 15.4. The Hall–Kier alpha value is -1.23. The maximum atomic E-state index is 12.2. The van der Waals surface area contributed by atoms with E-state index in [-0.39, 0.29) is 10.9 Å². The summed E-state index contributed by atoms with van der Waals surface area (Å²) in [7, 11) is 0. The van der Waals surface area contributed by atoms with Gasteiger partial charge in [-0.3, -0.25) is 4.79 Å². The first-order chi connectivity index (χ1) is 9.41. The Kier molecular flexibility index (Phi) is 4.58. The molecule has 2 rings (SSSR count). The number of para-hydroxylation sites is 1. The molecule has 0 unspecified atom stereocenters. The molecule has 2 aromatic rings. The summed E-state index contributed by atoms with van der Waals surface area (Å²) in [5.74, 6) is -0.327. The smallest absolute Gasteiger partial charge is 0.257 e. The van der Waals surface area contributed by atoms with Crippen LogP contribution in [0, 0.1) is 6.92 Å². The lowest BCUT2D eigenvalue weighted by Crippen LogP contribution is -2.15. The van der Waals surface area contributed by atoms with Gasteiger partial charge in [-0.1, -0.05) is 35.3 Å². The van der Waals surface area contributed by atoms with Gasteiger partial charge in [0, 0.05) is 10.2 Å². The summed E-state index contributed by atoms with van der Waals surface area (Å²) in [5, 5.41) is 3.33. The van der Waals surface area contributed by atoms with Crippen LogP contribution in [0.2, 0.25) is 10.0 Å². The molecule has 0 aromatic heterocycles. The summed E-state index contributed by atoms with van der Waals surface area (Å²) in [6.07, 6.45) is 0. The molecule has 0 saturated heterocycles. The van der Waals surface area contributed by atoms with Gasteiger partial charge in [-0.15, -0.1) is 0 Å². The van der Waals surface area contributed by atoms with E-state index >= 15 is 0 Å². The fourth-order valence-electron chi connectivity index (χ4n) is 1.69.